The monoisotopic (exact) mass is 372 g/mol. The topological polar surface area (TPSA) is 75.3 Å². The normalized spacial score (nSPS) is 20.5. The maximum Gasteiger partial charge on any atom is 0.251 e. The Bertz CT molecular complexity index is 866. The average Bonchev–Trinajstić information content (AvgIpc) is 2.64. The number of sulfone groups is 1. The molecule has 2 N–H and O–H groups in total. The second kappa shape index (κ2) is 8.01. The van der Waals surface area contributed by atoms with Crippen molar-refractivity contribution in [3.63, 3.8) is 0 Å². The van der Waals surface area contributed by atoms with E-state index in [1.807, 2.05) is 0 Å². The Labute approximate surface area is 154 Å². The van der Waals surface area contributed by atoms with Crippen LogP contribution in [0.1, 0.15) is 29.3 Å². The number of hydrogen-bond acceptors (Lipinski definition) is 4. The molecule has 1 aliphatic heterocycles. The van der Waals surface area contributed by atoms with Gasteiger partial charge in [-0.2, -0.15) is 0 Å². The second-order valence-corrected chi connectivity index (χ2v) is 8.77. The van der Waals surface area contributed by atoms with Gasteiger partial charge in [0, 0.05) is 11.6 Å². The molecule has 2 aromatic rings. The maximum absolute atomic E-state index is 12.8. The molecule has 0 radical (unpaired) electrons. The Balaban J connectivity index is 1.81. The van der Waals surface area contributed by atoms with Crippen molar-refractivity contribution in [2.75, 3.05) is 13.1 Å². The summed E-state index contributed by atoms with van der Waals surface area (Å²) >= 11 is 0. The summed E-state index contributed by atoms with van der Waals surface area (Å²) in [6.45, 7) is 3.84. The van der Waals surface area contributed by atoms with Crippen LogP contribution in [-0.2, 0) is 15.6 Å². The van der Waals surface area contributed by atoms with E-state index in [1.54, 1.807) is 54.6 Å². The van der Waals surface area contributed by atoms with Crippen LogP contribution in [0.5, 0.6) is 0 Å². The summed E-state index contributed by atoms with van der Waals surface area (Å²) in [5.41, 5.74) is 0.952. The van der Waals surface area contributed by atoms with Crippen molar-refractivity contribution in [2.24, 2.45) is 5.92 Å². The lowest BCUT2D eigenvalue weighted by Crippen LogP contribution is -2.48. The molecule has 0 spiro atoms. The molecule has 1 fully saturated rings. The summed E-state index contributed by atoms with van der Waals surface area (Å²) in [5, 5.41) is 6.38. The summed E-state index contributed by atoms with van der Waals surface area (Å²) in [5.74, 6) is -0.0573. The molecule has 2 unspecified atom stereocenters. The highest BCUT2D eigenvalue weighted by Crippen LogP contribution is 2.20. The van der Waals surface area contributed by atoms with Crippen molar-refractivity contribution in [1.29, 1.82) is 0 Å². The first-order valence-corrected chi connectivity index (χ1v) is 10.5. The molecule has 6 heteroatoms. The van der Waals surface area contributed by atoms with Gasteiger partial charge in [-0.3, -0.25) is 4.79 Å². The molecule has 5 nitrogen and oxygen atoms in total. The van der Waals surface area contributed by atoms with Crippen LogP contribution in [0.2, 0.25) is 0 Å². The lowest BCUT2D eigenvalue weighted by atomic mass is 9.95. The number of rotatable bonds is 5. The molecule has 2 atom stereocenters. The zero-order valence-electron chi connectivity index (χ0n) is 14.8. The van der Waals surface area contributed by atoms with E-state index in [9.17, 15) is 13.2 Å². The fourth-order valence-electron chi connectivity index (χ4n) is 3.26. The van der Waals surface area contributed by atoms with Crippen LogP contribution >= 0.6 is 0 Å². The minimum atomic E-state index is -3.50. The van der Waals surface area contributed by atoms with Crippen molar-refractivity contribution >= 4 is 15.7 Å². The highest BCUT2D eigenvalue weighted by molar-refractivity contribution is 7.90. The summed E-state index contributed by atoms with van der Waals surface area (Å²) in [4.78, 5) is 13.0. The fourth-order valence-corrected chi connectivity index (χ4v) is 4.66. The second-order valence-electron chi connectivity index (χ2n) is 6.78. The van der Waals surface area contributed by atoms with E-state index < -0.39 is 9.84 Å². The lowest BCUT2D eigenvalue weighted by Gasteiger charge is -2.30. The number of piperidine rings is 1. The van der Waals surface area contributed by atoms with E-state index >= 15 is 0 Å². The van der Waals surface area contributed by atoms with Crippen LogP contribution in [0, 0.1) is 5.92 Å². The lowest BCUT2D eigenvalue weighted by molar-refractivity contribution is 0.0913. The van der Waals surface area contributed by atoms with E-state index in [-0.39, 0.29) is 22.6 Å². The highest BCUT2D eigenvalue weighted by atomic mass is 32.2. The molecule has 3 rings (SSSR count). The van der Waals surface area contributed by atoms with Crippen molar-refractivity contribution in [2.45, 2.75) is 30.0 Å². The van der Waals surface area contributed by atoms with E-state index in [4.69, 9.17) is 0 Å². The first kappa shape index (κ1) is 18.6. The first-order valence-electron chi connectivity index (χ1n) is 8.84. The predicted molar refractivity (Wildman–Crippen MR) is 102 cm³/mol. The Morgan fingerprint density at radius 1 is 1.12 bits per heavy atom. The van der Waals surface area contributed by atoms with Crippen molar-refractivity contribution in [3.8, 4) is 0 Å². The molecule has 0 aliphatic carbocycles. The molecule has 2 aromatic carbocycles. The van der Waals surface area contributed by atoms with Crippen molar-refractivity contribution in [1.82, 2.24) is 10.6 Å². The molecule has 26 heavy (non-hydrogen) atoms. The molecular formula is C20H24N2O3S. The first-order chi connectivity index (χ1) is 12.5. The van der Waals surface area contributed by atoms with E-state index in [2.05, 4.69) is 17.6 Å². The van der Waals surface area contributed by atoms with E-state index in [1.165, 1.54) is 0 Å². The Hall–Kier alpha value is -2.18. The number of carbonyl (C=O) groups is 1. The Morgan fingerprint density at radius 2 is 1.81 bits per heavy atom. The Morgan fingerprint density at radius 3 is 2.54 bits per heavy atom. The largest absolute Gasteiger partial charge is 0.349 e. The van der Waals surface area contributed by atoms with Gasteiger partial charge >= 0.3 is 0 Å². The van der Waals surface area contributed by atoms with Gasteiger partial charge in [-0.25, -0.2) is 8.42 Å². The standard InChI is InChI=1S/C20H24N2O3S/c1-15-13-21-12-11-19(15)22-20(23)18-10-6-5-7-16(18)14-26(24,25)17-8-3-2-4-9-17/h2-10,15,19,21H,11-14H2,1H3,(H,22,23). The third kappa shape index (κ3) is 4.31. The fraction of sp³-hybridized carbons (Fsp3) is 0.350. The Kier molecular flexibility index (Phi) is 5.74. The van der Waals surface area contributed by atoms with Gasteiger partial charge in [0.05, 0.1) is 10.6 Å². The number of nitrogens with one attached hydrogen (secondary N) is 2. The minimum Gasteiger partial charge on any atom is -0.349 e. The molecule has 0 bridgehead atoms. The third-order valence-corrected chi connectivity index (χ3v) is 6.49. The minimum absolute atomic E-state index is 0.0996. The maximum atomic E-state index is 12.8. The molecule has 0 saturated carbocycles. The molecule has 0 aromatic heterocycles. The zero-order chi connectivity index (χ0) is 18.6. The van der Waals surface area contributed by atoms with E-state index in [0.717, 1.165) is 19.5 Å². The summed E-state index contributed by atoms with van der Waals surface area (Å²) < 4.78 is 25.4. The molecule has 1 saturated heterocycles. The van der Waals surface area contributed by atoms with Crippen LogP contribution in [0.3, 0.4) is 0 Å². The van der Waals surface area contributed by atoms with Crippen molar-refractivity contribution < 1.29 is 13.2 Å². The quantitative estimate of drug-likeness (QED) is 0.845. The smallest absolute Gasteiger partial charge is 0.251 e. The molecule has 1 amide bonds. The predicted octanol–water partition coefficient (Wildman–Crippen LogP) is 2.39. The molecular weight excluding hydrogens is 348 g/mol. The van der Waals surface area contributed by atoms with Gasteiger partial charge in [0.1, 0.15) is 0 Å². The van der Waals surface area contributed by atoms with Gasteiger partial charge in [-0.15, -0.1) is 0 Å². The van der Waals surface area contributed by atoms with Gasteiger partial charge < -0.3 is 10.6 Å². The molecule has 1 heterocycles. The number of amides is 1. The number of benzene rings is 2. The molecule has 1 aliphatic rings. The molecule has 138 valence electrons. The van der Waals surface area contributed by atoms with Gasteiger partial charge in [-0.05, 0) is 49.2 Å². The van der Waals surface area contributed by atoms with Gasteiger partial charge in [0.25, 0.3) is 5.91 Å². The van der Waals surface area contributed by atoms with Crippen LogP contribution in [0.4, 0.5) is 0 Å². The summed E-state index contributed by atoms with van der Waals surface area (Å²) in [6, 6.07) is 15.4. The third-order valence-electron chi connectivity index (χ3n) is 4.81. The summed E-state index contributed by atoms with van der Waals surface area (Å²) in [7, 11) is -3.50. The van der Waals surface area contributed by atoms with Crippen LogP contribution in [-0.4, -0.2) is 33.5 Å². The van der Waals surface area contributed by atoms with E-state index in [0.29, 0.717) is 17.0 Å². The van der Waals surface area contributed by atoms with Gasteiger partial charge in [0.2, 0.25) is 0 Å². The average molecular weight is 372 g/mol. The zero-order valence-corrected chi connectivity index (χ0v) is 15.6. The highest BCUT2D eigenvalue weighted by Gasteiger charge is 2.25. The van der Waals surface area contributed by atoms with Crippen molar-refractivity contribution in [3.05, 3.63) is 65.7 Å². The number of hydrogen-bond donors (Lipinski definition) is 2. The SMILES string of the molecule is CC1CNCCC1NC(=O)c1ccccc1CS(=O)(=O)c1ccccc1. The number of carbonyl (C=O) groups excluding carboxylic acids is 1. The van der Waals surface area contributed by atoms with Gasteiger partial charge in [-0.1, -0.05) is 43.3 Å². The van der Waals surface area contributed by atoms with Crippen LogP contribution < -0.4 is 10.6 Å². The van der Waals surface area contributed by atoms with Crippen LogP contribution in [0.25, 0.3) is 0 Å². The van der Waals surface area contributed by atoms with Crippen LogP contribution in [0.15, 0.2) is 59.5 Å². The van der Waals surface area contributed by atoms with Gasteiger partial charge in [0.15, 0.2) is 9.84 Å². The summed E-state index contributed by atoms with van der Waals surface area (Å²) in [6.07, 6.45) is 0.872.